The molecule has 0 fully saturated rings. The smallest absolute Gasteiger partial charge is 0.455 e. The summed E-state index contributed by atoms with van der Waals surface area (Å²) < 4.78 is 41.3. The Labute approximate surface area is 90.3 Å². The molecule has 0 N–H and O–H groups in total. The molecule has 0 bridgehead atoms. The SMILES string of the molecule is CO/C=C(\C(=O)C(F)(F)F)c1ccccc1. The van der Waals surface area contributed by atoms with Crippen LogP contribution in [0.5, 0.6) is 0 Å². The van der Waals surface area contributed by atoms with E-state index in [2.05, 4.69) is 4.74 Å². The van der Waals surface area contributed by atoms with Crippen molar-refractivity contribution in [2.24, 2.45) is 0 Å². The summed E-state index contributed by atoms with van der Waals surface area (Å²) in [4.78, 5) is 11.1. The van der Waals surface area contributed by atoms with E-state index >= 15 is 0 Å². The highest BCUT2D eigenvalue weighted by Gasteiger charge is 2.41. The van der Waals surface area contributed by atoms with Crippen LogP contribution < -0.4 is 0 Å². The van der Waals surface area contributed by atoms with Crippen LogP contribution in [0, 0.1) is 0 Å². The third kappa shape index (κ3) is 2.85. The van der Waals surface area contributed by atoms with E-state index in [1.54, 1.807) is 18.2 Å². The van der Waals surface area contributed by atoms with Gasteiger partial charge in [-0.1, -0.05) is 30.3 Å². The second kappa shape index (κ2) is 4.83. The maximum Gasteiger partial charge on any atom is 0.455 e. The molecule has 86 valence electrons. The van der Waals surface area contributed by atoms with Crippen LogP contribution in [0.2, 0.25) is 0 Å². The number of carbonyl (C=O) groups excluding carboxylic acids is 1. The maximum absolute atomic E-state index is 12.3. The molecular weight excluding hydrogens is 221 g/mol. The lowest BCUT2D eigenvalue weighted by Gasteiger charge is -2.09. The number of hydrogen-bond donors (Lipinski definition) is 0. The van der Waals surface area contributed by atoms with Gasteiger partial charge in [-0.15, -0.1) is 0 Å². The minimum absolute atomic E-state index is 0.173. The molecule has 0 spiro atoms. The second-order valence-corrected chi connectivity index (χ2v) is 2.96. The number of alkyl halides is 3. The van der Waals surface area contributed by atoms with Crippen molar-refractivity contribution in [3.8, 4) is 0 Å². The molecule has 16 heavy (non-hydrogen) atoms. The molecule has 0 aliphatic carbocycles. The number of hydrogen-bond acceptors (Lipinski definition) is 2. The van der Waals surface area contributed by atoms with Gasteiger partial charge >= 0.3 is 6.18 Å². The zero-order chi connectivity index (χ0) is 12.2. The fourth-order valence-electron chi connectivity index (χ4n) is 1.14. The summed E-state index contributed by atoms with van der Waals surface area (Å²) in [6.45, 7) is 0. The zero-order valence-electron chi connectivity index (χ0n) is 8.41. The molecular formula is C11H9F3O2. The Morgan fingerprint density at radius 1 is 1.25 bits per heavy atom. The molecule has 5 heteroatoms. The van der Waals surface area contributed by atoms with Crippen molar-refractivity contribution in [3.05, 3.63) is 42.2 Å². The lowest BCUT2D eigenvalue weighted by molar-refractivity contribution is -0.164. The van der Waals surface area contributed by atoms with Crippen LogP contribution in [0.3, 0.4) is 0 Å². The van der Waals surface area contributed by atoms with Gasteiger partial charge in [0.25, 0.3) is 5.78 Å². The molecule has 0 aliphatic rings. The summed E-state index contributed by atoms with van der Waals surface area (Å²) in [6, 6.07) is 7.56. The highest BCUT2D eigenvalue weighted by Crippen LogP contribution is 2.26. The maximum atomic E-state index is 12.3. The molecule has 1 rings (SSSR count). The molecule has 0 aliphatic heterocycles. The Balaban J connectivity index is 3.13. The Kier molecular flexibility index (Phi) is 3.71. The number of carbonyl (C=O) groups is 1. The number of ketones is 1. The summed E-state index contributed by atoms with van der Waals surface area (Å²) >= 11 is 0. The molecule has 1 aromatic carbocycles. The fourth-order valence-corrected chi connectivity index (χ4v) is 1.14. The highest BCUT2D eigenvalue weighted by atomic mass is 19.4. The first-order chi connectivity index (χ1) is 7.46. The van der Waals surface area contributed by atoms with E-state index in [-0.39, 0.29) is 5.56 Å². The van der Waals surface area contributed by atoms with Crippen molar-refractivity contribution in [1.82, 2.24) is 0 Å². The number of halogens is 3. The van der Waals surface area contributed by atoms with E-state index in [0.717, 1.165) is 6.26 Å². The minimum Gasteiger partial charge on any atom is -0.504 e. The lowest BCUT2D eigenvalue weighted by atomic mass is 10.0. The van der Waals surface area contributed by atoms with Gasteiger partial charge in [-0.2, -0.15) is 13.2 Å². The first-order valence-corrected chi connectivity index (χ1v) is 4.36. The number of benzene rings is 1. The third-order valence-corrected chi connectivity index (χ3v) is 1.82. The van der Waals surface area contributed by atoms with Gasteiger partial charge in [0.1, 0.15) is 0 Å². The van der Waals surface area contributed by atoms with Crippen molar-refractivity contribution in [1.29, 1.82) is 0 Å². The predicted molar refractivity (Wildman–Crippen MR) is 52.5 cm³/mol. The largest absolute Gasteiger partial charge is 0.504 e. The number of Topliss-reactive ketones (excluding diaryl/α,β-unsaturated/α-hetero) is 1. The average Bonchev–Trinajstić information content (AvgIpc) is 2.25. The summed E-state index contributed by atoms with van der Waals surface area (Å²) in [7, 11) is 1.19. The van der Waals surface area contributed by atoms with Gasteiger partial charge in [-0.25, -0.2) is 0 Å². The van der Waals surface area contributed by atoms with E-state index in [1.807, 2.05) is 0 Å². The second-order valence-electron chi connectivity index (χ2n) is 2.96. The van der Waals surface area contributed by atoms with Crippen molar-refractivity contribution in [2.45, 2.75) is 6.18 Å². The molecule has 1 aromatic rings. The number of rotatable bonds is 3. The van der Waals surface area contributed by atoms with E-state index in [9.17, 15) is 18.0 Å². The van der Waals surface area contributed by atoms with Crippen molar-refractivity contribution >= 4 is 11.4 Å². The predicted octanol–water partition coefficient (Wildman–Crippen LogP) is 2.81. The number of methoxy groups -OCH3 is 1. The van der Waals surface area contributed by atoms with Crippen LogP contribution in [0.1, 0.15) is 5.56 Å². The molecule has 0 atom stereocenters. The molecule has 0 saturated carbocycles. The zero-order valence-corrected chi connectivity index (χ0v) is 8.41. The first kappa shape index (κ1) is 12.3. The van der Waals surface area contributed by atoms with Crippen molar-refractivity contribution in [2.75, 3.05) is 7.11 Å². The highest BCUT2D eigenvalue weighted by molar-refractivity contribution is 6.23. The van der Waals surface area contributed by atoms with E-state index in [1.165, 1.54) is 19.2 Å². The summed E-state index contributed by atoms with van der Waals surface area (Å²) in [6.07, 6.45) is -4.11. The Hall–Kier alpha value is -1.78. The van der Waals surface area contributed by atoms with E-state index < -0.39 is 17.5 Å². The van der Waals surface area contributed by atoms with Crippen molar-refractivity contribution < 1.29 is 22.7 Å². The van der Waals surface area contributed by atoms with Gasteiger partial charge in [-0.05, 0) is 5.56 Å². The molecule has 0 radical (unpaired) electrons. The van der Waals surface area contributed by atoms with Crippen LogP contribution in [0.25, 0.3) is 5.57 Å². The van der Waals surface area contributed by atoms with Crippen LogP contribution >= 0.6 is 0 Å². The molecule has 0 saturated heterocycles. The van der Waals surface area contributed by atoms with Gasteiger partial charge in [0.15, 0.2) is 0 Å². The Bertz CT molecular complexity index is 393. The van der Waals surface area contributed by atoms with Crippen LogP contribution in [-0.4, -0.2) is 19.1 Å². The van der Waals surface area contributed by atoms with Gasteiger partial charge in [0.05, 0.1) is 18.9 Å². The lowest BCUT2D eigenvalue weighted by Crippen LogP contribution is -2.24. The van der Waals surface area contributed by atoms with Crippen LogP contribution in [0.4, 0.5) is 13.2 Å². The standard InChI is InChI=1S/C11H9F3O2/c1-16-7-9(10(15)11(12,13)14)8-5-3-2-4-6-8/h2-7H,1H3/b9-7-. The van der Waals surface area contributed by atoms with E-state index in [4.69, 9.17) is 0 Å². The van der Waals surface area contributed by atoms with Gasteiger partial charge in [0.2, 0.25) is 0 Å². The normalized spacial score (nSPS) is 12.4. The minimum atomic E-state index is -4.90. The fraction of sp³-hybridized carbons (Fsp3) is 0.182. The molecule has 2 nitrogen and oxygen atoms in total. The van der Waals surface area contributed by atoms with Crippen molar-refractivity contribution in [3.63, 3.8) is 0 Å². The number of ether oxygens (including phenoxy) is 1. The van der Waals surface area contributed by atoms with Gasteiger partial charge in [0, 0.05) is 0 Å². The Morgan fingerprint density at radius 2 is 1.81 bits per heavy atom. The first-order valence-electron chi connectivity index (χ1n) is 4.36. The molecule has 0 amide bonds. The van der Waals surface area contributed by atoms with Gasteiger partial charge in [-0.3, -0.25) is 4.79 Å². The third-order valence-electron chi connectivity index (χ3n) is 1.82. The van der Waals surface area contributed by atoms with Gasteiger partial charge < -0.3 is 4.74 Å². The summed E-state index contributed by atoms with van der Waals surface area (Å²) in [5.74, 6) is -1.92. The molecule has 0 heterocycles. The molecule has 0 aromatic heterocycles. The average molecular weight is 230 g/mol. The topological polar surface area (TPSA) is 26.3 Å². The van der Waals surface area contributed by atoms with E-state index in [0.29, 0.717) is 0 Å². The van der Waals surface area contributed by atoms with Crippen LogP contribution in [-0.2, 0) is 9.53 Å². The number of allylic oxidation sites excluding steroid dienone is 1. The molecule has 0 unspecified atom stereocenters. The quantitative estimate of drug-likeness (QED) is 0.589. The Morgan fingerprint density at radius 3 is 2.25 bits per heavy atom. The summed E-state index contributed by atoms with van der Waals surface area (Å²) in [5, 5.41) is 0. The van der Waals surface area contributed by atoms with Crippen LogP contribution in [0.15, 0.2) is 36.6 Å². The summed E-state index contributed by atoms with van der Waals surface area (Å²) in [5.41, 5.74) is -0.331. The monoisotopic (exact) mass is 230 g/mol.